The van der Waals surface area contributed by atoms with E-state index in [0.29, 0.717) is 6.54 Å². The number of aromatic nitrogens is 2. The van der Waals surface area contributed by atoms with Crippen molar-refractivity contribution in [2.24, 2.45) is 7.05 Å². The molecule has 0 aromatic carbocycles. The van der Waals surface area contributed by atoms with Crippen molar-refractivity contribution < 1.29 is 4.79 Å². The van der Waals surface area contributed by atoms with Crippen molar-refractivity contribution in [1.29, 1.82) is 0 Å². The van der Waals surface area contributed by atoms with Crippen LogP contribution in [0.1, 0.15) is 19.7 Å². The Bertz CT molecular complexity index is 332. The molecule has 0 radical (unpaired) electrons. The van der Waals surface area contributed by atoms with E-state index >= 15 is 0 Å². The van der Waals surface area contributed by atoms with Crippen LogP contribution in [0.2, 0.25) is 0 Å². The maximum Gasteiger partial charge on any atom is 0.234 e. The Morgan fingerprint density at radius 3 is 2.88 bits per heavy atom. The monoisotopic (exact) mass is 224 g/mol. The van der Waals surface area contributed by atoms with Crippen molar-refractivity contribution in [3.63, 3.8) is 0 Å². The van der Waals surface area contributed by atoms with Gasteiger partial charge in [0, 0.05) is 38.4 Å². The van der Waals surface area contributed by atoms with E-state index in [0.717, 1.165) is 18.8 Å². The quantitative estimate of drug-likeness (QED) is 0.673. The van der Waals surface area contributed by atoms with Gasteiger partial charge in [-0.05, 0) is 13.8 Å². The van der Waals surface area contributed by atoms with Crippen molar-refractivity contribution in [2.75, 3.05) is 13.1 Å². The topological polar surface area (TPSA) is 59.0 Å². The summed E-state index contributed by atoms with van der Waals surface area (Å²) in [5.41, 5.74) is 0. The maximum absolute atomic E-state index is 11.3. The molecule has 1 rings (SSSR count). The summed E-state index contributed by atoms with van der Waals surface area (Å²) in [5.74, 6) is 1.06. The second kappa shape index (κ2) is 6.27. The van der Waals surface area contributed by atoms with Crippen molar-refractivity contribution in [3.8, 4) is 0 Å². The first kappa shape index (κ1) is 12.7. The van der Waals surface area contributed by atoms with E-state index in [1.54, 1.807) is 6.20 Å². The number of amides is 1. The lowest BCUT2D eigenvalue weighted by atomic mass is 10.3. The van der Waals surface area contributed by atoms with Gasteiger partial charge < -0.3 is 15.2 Å². The molecule has 1 aromatic heterocycles. The minimum absolute atomic E-state index is 0.0369. The minimum atomic E-state index is 0.0369. The van der Waals surface area contributed by atoms with E-state index < -0.39 is 0 Å². The Hall–Kier alpha value is -1.36. The molecule has 0 aliphatic rings. The molecule has 0 aliphatic heterocycles. The maximum atomic E-state index is 11.3. The molecule has 16 heavy (non-hydrogen) atoms. The van der Waals surface area contributed by atoms with Crippen LogP contribution in [0.4, 0.5) is 0 Å². The fourth-order valence-corrected chi connectivity index (χ4v) is 1.41. The molecular formula is C11H20N4O. The minimum Gasteiger partial charge on any atom is -0.353 e. The van der Waals surface area contributed by atoms with Crippen molar-refractivity contribution in [2.45, 2.75) is 26.3 Å². The zero-order valence-electron chi connectivity index (χ0n) is 10.2. The standard InChI is InChI=1S/C11H20N4O/c1-9(2)14-11(16)8-12-5-4-10-13-6-7-15(10)3/h6-7,9,12H,4-5,8H2,1-3H3,(H,14,16). The number of nitrogens with zero attached hydrogens (tertiary/aromatic N) is 2. The number of carbonyl (C=O) groups is 1. The average Bonchev–Trinajstić information content (AvgIpc) is 2.58. The molecule has 5 nitrogen and oxygen atoms in total. The first-order valence-corrected chi connectivity index (χ1v) is 5.56. The van der Waals surface area contributed by atoms with E-state index in [1.807, 2.05) is 31.7 Å². The molecule has 0 bridgehead atoms. The van der Waals surface area contributed by atoms with Crippen LogP contribution in [0.5, 0.6) is 0 Å². The van der Waals surface area contributed by atoms with Crippen LogP contribution in [0, 0.1) is 0 Å². The van der Waals surface area contributed by atoms with Crippen LogP contribution < -0.4 is 10.6 Å². The molecule has 0 saturated heterocycles. The van der Waals surface area contributed by atoms with Gasteiger partial charge in [0.2, 0.25) is 5.91 Å². The molecule has 0 fully saturated rings. The predicted octanol–water partition coefficient (Wildman–Crippen LogP) is 0.0768. The van der Waals surface area contributed by atoms with E-state index in [1.165, 1.54) is 0 Å². The number of hydrogen-bond donors (Lipinski definition) is 2. The number of carbonyl (C=O) groups excluding carboxylic acids is 1. The Balaban J connectivity index is 2.13. The van der Waals surface area contributed by atoms with Gasteiger partial charge in [-0.2, -0.15) is 0 Å². The predicted molar refractivity (Wildman–Crippen MR) is 63.1 cm³/mol. The van der Waals surface area contributed by atoms with Crippen LogP contribution in [0.15, 0.2) is 12.4 Å². The van der Waals surface area contributed by atoms with Crippen LogP contribution in [-0.2, 0) is 18.3 Å². The molecule has 90 valence electrons. The number of hydrogen-bond acceptors (Lipinski definition) is 3. The number of rotatable bonds is 6. The summed E-state index contributed by atoms with van der Waals surface area (Å²) in [6.45, 7) is 5.02. The van der Waals surface area contributed by atoms with E-state index in [4.69, 9.17) is 0 Å². The molecule has 0 saturated carbocycles. The fraction of sp³-hybridized carbons (Fsp3) is 0.636. The largest absolute Gasteiger partial charge is 0.353 e. The molecule has 5 heteroatoms. The molecular weight excluding hydrogens is 204 g/mol. The van der Waals surface area contributed by atoms with E-state index in [2.05, 4.69) is 15.6 Å². The summed E-state index contributed by atoms with van der Waals surface area (Å²) in [6.07, 6.45) is 4.53. The lowest BCUT2D eigenvalue weighted by Gasteiger charge is -2.09. The average molecular weight is 224 g/mol. The SMILES string of the molecule is CC(C)NC(=O)CNCCc1nccn1C. The summed E-state index contributed by atoms with van der Waals surface area (Å²) < 4.78 is 1.98. The normalized spacial score (nSPS) is 10.8. The smallest absolute Gasteiger partial charge is 0.234 e. The van der Waals surface area contributed by atoms with Gasteiger partial charge in [0.15, 0.2) is 0 Å². The van der Waals surface area contributed by atoms with Gasteiger partial charge in [0.1, 0.15) is 5.82 Å². The van der Waals surface area contributed by atoms with Crippen molar-refractivity contribution in [1.82, 2.24) is 20.2 Å². The van der Waals surface area contributed by atoms with Crippen LogP contribution in [0.3, 0.4) is 0 Å². The first-order valence-electron chi connectivity index (χ1n) is 5.56. The fourth-order valence-electron chi connectivity index (χ4n) is 1.41. The van der Waals surface area contributed by atoms with Crippen LogP contribution in [-0.4, -0.2) is 34.6 Å². The summed E-state index contributed by atoms with van der Waals surface area (Å²) in [7, 11) is 1.97. The zero-order chi connectivity index (χ0) is 12.0. The van der Waals surface area contributed by atoms with Gasteiger partial charge in [-0.15, -0.1) is 0 Å². The third-order valence-corrected chi connectivity index (χ3v) is 2.18. The molecule has 1 heterocycles. The van der Waals surface area contributed by atoms with Crippen molar-refractivity contribution in [3.05, 3.63) is 18.2 Å². The van der Waals surface area contributed by atoms with Gasteiger partial charge in [-0.3, -0.25) is 4.79 Å². The Morgan fingerprint density at radius 1 is 1.56 bits per heavy atom. The highest BCUT2D eigenvalue weighted by Crippen LogP contribution is 1.93. The summed E-state index contributed by atoms with van der Waals surface area (Å²) >= 11 is 0. The first-order chi connectivity index (χ1) is 7.59. The number of nitrogens with one attached hydrogen (secondary N) is 2. The van der Waals surface area contributed by atoms with Gasteiger partial charge >= 0.3 is 0 Å². The molecule has 0 spiro atoms. The summed E-state index contributed by atoms with van der Waals surface area (Å²) in [6, 6.07) is 0.198. The zero-order valence-corrected chi connectivity index (χ0v) is 10.2. The molecule has 1 amide bonds. The summed E-state index contributed by atoms with van der Waals surface area (Å²) in [5, 5.41) is 5.92. The van der Waals surface area contributed by atoms with Crippen LogP contribution in [0.25, 0.3) is 0 Å². The van der Waals surface area contributed by atoms with E-state index in [9.17, 15) is 4.79 Å². The number of aryl methyl sites for hydroxylation is 1. The summed E-state index contributed by atoms with van der Waals surface area (Å²) in [4.78, 5) is 15.5. The van der Waals surface area contributed by atoms with Gasteiger partial charge in [-0.1, -0.05) is 0 Å². The Morgan fingerprint density at radius 2 is 2.31 bits per heavy atom. The van der Waals surface area contributed by atoms with Gasteiger partial charge in [-0.25, -0.2) is 4.98 Å². The van der Waals surface area contributed by atoms with Gasteiger partial charge in [0.05, 0.1) is 6.54 Å². The molecule has 0 aliphatic carbocycles. The molecule has 0 atom stereocenters. The molecule has 0 unspecified atom stereocenters. The third-order valence-electron chi connectivity index (χ3n) is 2.18. The van der Waals surface area contributed by atoms with Crippen LogP contribution >= 0.6 is 0 Å². The van der Waals surface area contributed by atoms with E-state index in [-0.39, 0.29) is 11.9 Å². The second-order valence-corrected chi connectivity index (χ2v) is 4.10. The van der Waals surface area contributed by atoms with Gasteiger partial charge in [0.25, 0.3) is 0 Å². The lowest BCUT2D eigenvalue weighted by molar-refractivity contribution is -0.120. The number of imidazole rings is 1. The molecule has 2 N–H and O–H groups in total. The highest BCUT2D eigenvalue weighted by Gasteiger charge is 2.03. The third kappa shape index (κ3) is 4.44. The van der Waals surface area contributed by atoms with Crippen molar-refractivity contribution >= 4 is 5.91 Å². The highest BCUT2D eigenvalue weighted by atomic mass is 16.1. The lowest BCUT2D eigenvalue weighted by Crippen LogP contribution is -2.38. The highest BCUT2D eigenvalue weighted by molar-refractivity contribution is 5.78. The Labute approximate surface area is 96.3 Å². The molecule has 1 aromatic rings. The Kier molecular flexibility index (Phi) is 4.98. The second-order valence-electron chi connectivity index (χ2n) is 4.10.